The summed E-state index contributed by atoms with van der Waals surface area (Å²) in [6, 6.07) is 7.59. The maximum absolute atomic E-state index is 11.4. The Bertz CT molecular complexity index is 371. The van der Waals surface area contributed by atoms with Gasteiger partial charge in [-0.05, 0) is 37.1 Å². The third kappa shape index (κ3) is 2.52. The summed E-state index contributed by atoms with van der Waals surface area (Å²) in [5, 5.41) is 0. The molecule has 1 aromatic rings. The lowest BCUT2D eigenvalue weighted by atomic mass is 10.3. The maximum atomic E-state index is 11.4. The lowest BCUT2D eigenvalue weighted by Gasteiger charge is -2.15. The topological polar surface area (TPSA) is 57.2 Å². The summed E-state index contributed by atoms with van der Waals surface area (Å²) in [6.07, 6.45) is 2.72. The summed E-state index contributed by atoms with van der Waals surface area (Å²) in [4.78, 5) is 13.0. The van der Waals surface area contributed by atoms with E-state index in [1.807, 2.05) is 24.3 Å². The second-order valence-corrected chi connectivity index (χ2v) is 4.01. The smallest absolute Gasteiger partial charge is 0.281 e. The molecule has 0 aromatic heterocycles. The summed E-state index contributed by atoms with van der Waals surface area (Å²) < 4.78 is 5.63. The molecule has 0 aliphatic heterocycles. The SMILES string of the molecule is CN(C(=O)C[NH3+])c1ccc(OC2CC2)cc1. The maximum Gasteiger partial charge on any atom is 0.281 e. The second-order valence-electron chi connectivity index (χ2n) is 4.01. The highest BCUT2D eigenvalue weighted by Crippen LogP contribution is 2.27. The van der Waals surface area contributed by atoms with E-state index in [1.54, 1.807) is 11.9 Å². The fourth-order valence-corrected chi connectivity index (χ4v) is 1.44. The van der Waals surface area contributed by atoms with Gasteiger partial charge in [-0.3, -0.25) is 4.79 Å². The van der Waals surface area contributed by atoms with Gasteiger partial charge in [-0.25, -0.2) is 0 Å². The van der Waals surface area contributed by atoms with E-state index in [1.165, 1.54) is 0 Å². The summed E-state index contributed by atoms with van der Waals surface area (Å²) in [5.74, 6) is 0.887. The van der Waals surface area contributed by atoms with Crippen LogP contribution in [0.3, 0.4) is 0 Å². The van der Waals surface area contributed by atoms with E-state index >= 15 is 0 Å². The van der Waals surface area contributed by atoms with Gasteiger partial charge in [-0.15, -0.1) is 0 Å². The van der Waals surface area contributed by atoms with E-state index in [2.05, 4.69) is 5.73 Å². The molecule has 0 heterocycles. The van der Waals surface area contributed by atoms with Crippen LogP contribution in [0.5, 0.6) is 5.75 Å². The van der Waals surface area contributed by atoms with E-state index in [0.29, 0.717) is 6.10 Å². The molecule has 0 bridgehead atoms. The van der Waals surface area contributed by atoms with Crippen LogP contribution >= 0.6 is 0 Å². The van der Waals surface area contributed by atoms with Crippen molar-refractivity contribution < 1.29 is 15.3 Å². The van der Waals surface area contributed by atoms with Crippen LogP contribution in [0, 0.1) is 0 Å². The number of carbonyl (C=O) groups excluding carboxylic acids is 1. The predicted octanol–water partition coefficient (Wildman–Crippen LogP) is 0.433. The Morgan fingerprint density at radius 2 is 2.06 bits per heavy atom. The summed E-state index contributed by atoms with van der Waals surface area (Å²) in [5.41, 5.74) is 4.45. The Labute approximate surface area is 95.0 Å². The van der Waals surface area contributed by atoms with Gasteiger partial charge in [0.15, 0.2) is 6.54 Å². The van der Waals surface area contributed by atoms with Crippen molar-refractivity contribution in [2.24, 2.45) is 0 Å². The van der Waals surface area contributed by atoms with Crippen LogP contribution in [0.15, 0.2) is 24.3 Å². The monoisotopic (exact) mass is 221 g/mol. The Hall–Kier alpha value is -1.55. The second kappa shape index (κ2) is 4.53. The first-order chi connectivity index (χ1) is 7.70. The van der Waals surface area contributed by atoms with Gasteiger partial charge in [0.25, 0.3) is 5.91 Å². The molecule has 4 nitrogen and oxygen atoms in total. The molecule has 3 N–H and O–H groups in total. The Morgan fingerprint density at radius 1 is 1.44 bits per heavy atom. The van der Waals surface area contributed by atoms with Crippen LogP contribution in [0.2, 0.25) is 0 Å². The third-order valence-corrected chi connectivity index (χ3v) is 2.64. The first-order valence-corrected chi connectivity index (χ1v) is 5.53. The van der Waals surface area contributed by atoms with Crippen molar-refractivity contribution in [3.63, 3.8) is 0 Å². The molecule has 0 unspecified atom stereocenters. The molecule has 1 aliphatic carbocycles. The molecule has 1 saturated carbocycles. The number of rotatable bonds is 4. The number of benzene rings is 1. The minimum atomic E-state index is 0.0101. The van der Waals surface area contributed by atoms with E-state index in [-0.39, 0.29) is 12.5 Å². The van der Waals surface area contributed by atoms with Crippen molar-refractivity contribution in [2.45, 2.75) is 18.9 Å². The number of quaternary nitrogens is 1. The van der Waals surface area contributed by atoms with Crippen molar-refractivity contribution in [1.29, 1.82) is 0 Å². The first-order valence-electron chi connectivity index (χ1n) is 5.53. The zero-order valence-electron chi connectivity index (χ0n) is 9.48. The fourth-order valence-electron chi connectivity index (χ4n) is 1.44. The molecule has 0 atom stereocenters. The normalized spacial score (nSPS) is 14.6. The lowest BCUT2D eigenvalue weighted by molar-refractivity contribution is -0.354. The van der Waals surface area contributed by atoms with Gasteiger partial charge < -0.3 is 15.4 Å². The lowest BCUT2D eigenvalue weighted by Crippen LogP contribution is -2.57. The van der Waals surface area contributed by atoms with E-state index in [4.69, 9.17) is 4.74 Å². The van der Waals surface area contributed by atoms with Gasteiger partial charge >= 0.3 is 0 Å². The average molecular weight is 221 g/mol. The van der Waals surface area contributed by atoms with Crippen molar-refractivity contribution in [3.8, 4) is 5.75 Å². The van der Waals surface area contributed by atoms with Crippen molar-refractivity contribution >= 4 is 11.6 Å². The highest BCUT2D eigenvalue weighted by molar-refractivity contribution is 5.93. The van der Waals surface area contributed by atoms with Crippen LogP contribution in [-0.2, 0) is 4.79 Å². The highest BCUT2D eigenvalue weighted by Gasteiger charge is 2.23. The van der Waals surface area contributed by atoms with Crippen molar-refractivity contribution in [2.75, 3.05) is 18.5 Å². The number of amides is 1. The first kappa shape index (κ1) is 11.0. The third-order valence-electron chi connectivity index (χ3n) is 2.64. The minimum Gasteiger partial charge on any atom is -0.490 e. The van der Waals surface area contributed by atoms with Gasteiger partial charge in [-0.2, -0.15) is 0 Å². The summed E-state index contributed by atoms with van der Waals surface area (Å²) in [7, 11) is 1.75. The fraction of sp³-hybridized carbons (Fsp3) is 0.417. The standard InChI is InChI=1S/C12H16N2O2/c1-14(12(15)8-13)9-2-4-10(5-3-9)16-11-6-7-11/h2-5,11H,6-8,13H2,1H3/p+1. The van der Waals surface area contributed by atoms with Crippen LogP contribution in [0.25, 0.3) is 0 Å². The zero-order chi connectivity index (χ0) is 11.5. The molecule has 86 valence electrons. The highest BCUT2D eigenvalue weighted by atomic mass is 16.5. The Kier molecular flexibility index (Phi) is 3.10. The molecule has 2 rings (SSSR count). The molecule has 1 aliphatic rings. The van der Waals surface area contributed by atoms with Crippen molar-refractivity contribution in [3.05, 3.63) is 24.3 Å². The van der Waals surface area contributed by atoms with Gasteiger partial charge in [0.05, 0.1) is 6.10 Å². The molecular weight excluding hydrogens is 204 g/mol. The largest absolute Gasteiger partial charge is 0.490 e. The van der Waals surface area contributed by atoms with Crippen LogP contribution in [0.4, 0.5) is 5.69 Å². The Morgan fingerprint density at radius 3 is 2.56 bits per heavy atom. The zero-order valence-corrected chi connectivity index (χ0v) is 9.48. The average Bonchev–Trinajstić information content (AvgIpc) is 3.12. The van der Waals surface area contributed by atoms with Gasteiger partial charge in [-0.1, -0.05) is 0 Å². The number of hydrogen-bond donors (Lipinski definition) is 1. The number of ether oxygens (including phenoxy) is 1. The van der Waals surface area contributed by atoms with Gasteiger partial charge in [0, 0.05) is 12.7 Å². The van der Waals surface area contributed by atoms with Crippen LogP contribution in [-0.4, -0.2) is 25.6 Å². The van der Waals surface area contributed by atoms with Gasteiger partial charge in [0.2, 0.25) is 0 Å². The molecule has 0 radical (unpaired) electrons. The molecular formula is C12H17N2O2+. The van der Waals surface area contributed by atoms with Crippen LogP contribution < -0.4 is 15.4 Å². The summed E-state index contributed by atoms with van der Waals surface area (Å²) in [6.45, 7) is 0.275. The molecule has 0 saturated heterocycles. The predicted molar refractivity (Wildman–Crippen MR) is 61.3 cm³/mol. The molecule has 16 heavy (non-hydrogen) atoms. The van der Waals surface area contributed by atoms with Gasteiger partial charge in [0.1, 0.15) is 5.75 Å². The van der Waals surface area contributed by atoms with E-state index in [0.717, 1.165) is 24.3 Å². The van der Waals surface area contributed by atoms with E-state index < -0.39 is 0 Å². The minimum absolute atomic E-state index is 0.0101. The summed E-state index contributed by atoms with van der Waals surface area (Å²) >= 11 is 0. The van der Waals surface area contributed by atoms with E-state index in [9.17, 15) is 4.79 Å². The number of hydrogen-bond acceptors (Lipinski definition) is 2. The number of carbonyl (C=O) groups is 1. The molecule has 1 fully saturated rings. The number of anilines is 1. The number of nitrogens with zero attached hydrogens (tertiary/aromatic N) is 1. The van der Waals surface area contributed by atoms with Crippen molar-refractivity contribution in [1.82, 2.24) is 0 Å². The number of likely N-dealkylation sites (N-methyl/N-ethyl adjacent to an activating group) is 1. The Balaban J connectivity index is 2.02. The van der Waals surface area contributed by atoms with Crippen LogP contribution in [0.1, 0.15) is 12.8 Å². The molecule has 1 aromatic carbocycles. The molecule has 1 amide bonds. The molecule has 4 heteroatoms. The quantitative estimate of drug-likeness (QED) is 0.801. The molecule has 0 spiro atoms.